The molecular weight excluding hydrogens is 249 g/mol. The SMILES string of the molecule is CC(=O)NCCC(O)C(O)c1cc(C)c(F)c(C)c1. The molecule has 0 radical (unpaired) electrons. The molecular formula is C14H20FNO3. The average Bonchev–Trinajstić information content (AvgIpc) is 2.33. The van der Waals surface area contributed by atoms with Crippen LogP contribution in [0.25, 0.3) is 0 Å². The first-order valence-electron chi connectivity index (χ1n) is 6.20. The van der Waals surface area contributed by atoms with Crippen molar-refractivity contribution in [3.8, 4) is 0 Å². The van der Waals surface area contributed by atoms with E-state index >= 15 is 0 Å². The zero-order valence-electron chi connectivity index (χ0n) is 11.4. The predicted octanol–water partition coefficient (Wildman–Crippen LogP) is 1.36. The maximum absolute atomic E-state index is 13.5. The van der Waals surface area contributed by atoms with Crippen LogP contribution in [0.15, 0.2) is 12.1 Å². The van der Waals surface area contributed by atoms with Crippen molar-refractivity contribution in [2.45, 2.75) is 39.4 Å². The zero-order chi connectivity index (χ0) is 14.6. The second-order valence-corrected chi connectivity index (χ2v) is 4.75. The van der Waals surface area contributed by atoms with Gasteiger partial charge in [0, 0.05) is 13.5 Å². The van der Waals surface area contributed by atoms with E-state index in [-0.39, 0.29) is 24.7 Å². The molecule has 1 rings (SSSR count). The van der Waals surface area contributed by atoms with Crippen LogP contribution in [-0.4, -0.2) is 28.8 Å². The molecule has 0 fully saturated rings. The van der Waals surface area contributed by atoms with Gasteiger partial charge in [-0.05, 0) is 37.0 Å². The Labute approximate surface area is 112 Å². The van der Waals surface area contributed by atoms with Crippen LogP contribution in [0.5, 0.6) is 0 Å². The lowest BCUT2D eigenvalue weighted by molar-refractivity contribution is -0.119. The quantitative estimate of drug-likeness (QED) is 0.756. The summed E-state index contributed by atoms with van der Waals surface area (Å²) in [6.07, 6.45) is -1.86. The van der Waals surface area contributed by atoms with E-state index in [1.165, 1.54) is 19.1 Å². The van der Waals surface area contributed by atoms with Crippen molar-refractivity contribution >= 4 is 5.91 Å². The minimum absolute atomic E-state index is 0.185. The monoisotopic (exact) mass is 269 g/mol. The van der Waals surface area contributed by atoms with E-state index in [0.29, 0.717) is 16.7 Å². The number of benzene rings is 1. The van der Waals surface area contributed by atoms with Gasteiger partial charge in [-0.3, -0.25) is 4.79 Å². The number of carbonyl (C=O) groups is 1. The summed E-state index contributed by atoms with van der Waals surface area (Å²) < 4.78 is 13.5. The number of carbonyl (C=O) groups excluding carboxylic acids is 1. The lowest BCUT2D eigenvalue weighted by Crippen LogP contribution is -2.27. The second kappa shape index (κ2) is 6.63. The van der Waals surface area contributed by atoms with E-state index in [1.54, 1.807) is 13.8 Å². The number of halogens is 1. The van der Waals surface area contributed by atoms with Gasteiger partial charge in [0.15, 0.2) is 0 Å². The number of amides is 1. The van der Waals surface area contributed by atoms with Gasteiger partial charge in [-0.2, -0.15) is 0 Å². The highest BCUT2D eigenvalue weighted by Crippen LogP contribution is 2.23. The van der Waals surface area contributed by atoms with E-state index in [9.17, 15) is 19.4 Å². The highest BCUT2D eigenvalue weighted by atomic mass is 19.1. The summed E-state index contributed by atoms with van der Waals surface area (Å²) in [6, 6.07) is 3.04. The largest absolute Gasteiger partial charge is 0.390 e. The van der Waals surface area contributed by atoms with Crippen LogP contribution >= 0.6 is 0 Å². The molecule has 0 aliphatic rings. The molecule has 0 bridgehead atoms. The molecule has 2 unspecified atom stereocenters. The Morgan fingerprint density at radius 1 is 1.32 bits per heavy atom. The molecule has 1 amide bonds. The molecule has 2 atom stereocenters. The Balaban J connectivity index is 2.71. The fourth-order valence-electron chi connectivity index (χ4n) is 1.93. The Kier molecular flexibility index (Phi) is 5.44. The van der Waals surface area contributed by atoms with E-state index in [4.69, 9.17) is 0 Å². The van der Waals surface area contributed by atoms with Crippen LogP contribution in [0.1, 0.15) is 36.1 Å². The normalized spacial score (nSPS) is 14.0. The topological polar surface area (TPSA) is 69.6 Å². The van der Waals surface area contributed by atoms with Gasteiger partial charge in [0.2, 0.25) is 5.91 Å². The summed E-state index contributed by atoms with van der Waals surface area (Å²) in [5.41, 5.74) is 1.35. The zero-order valence-corrected chi connectivity index (χ0v) is 11.4. The summed E-state index contributed by atoms with van der Waals surface area (Å²) >= 11 is 0. The van der Waals surface area contributed by atoms with Gasteiger partial charge in [-0.25, -0.2) is 4.39 Å². The Hall–Kier alpha value is -1.46. The molecule has 5 heteroatoms. The van der Waals surface area contributed by atoms with Crippen LogP contribution in [0.2, 0.25) is 0 Å². The van der Waals surface area contributed by atoms with Crippen LogP contribution < -0.4 is 5.32 Å². The summed E-state index contributed by atoms with van der Waals surface area (Å²) in [6.45, 7) is 4.90. The molecule has 106 valence electrons. The fourth-order valence-corrected chi connectivity index (χ4v) is 1.93. The van der Waals surface area contributed by atoms with Crippen molar-refractivity contribution in [2.24, 2.45) is 0 Å². The Morgan fingerprint density at radius 3 is 2.32 bits per heavy atom. The van der Waals surface area contributed by atoms with Crippen LogP contribution in [0.3, 0.4) is 0 Å². The second-order valence-electron chi connectivity index (χ2n) is 4.75. The van der Waals surface area contributed by atoms with Gasteiger partial charge < -0.3 is 15.5 Å². The third kappa shape index (κ3) is 4.29. The third-order valence-corrected chi connectivity index (χ3v) is 2.98. The summed E-state index contributed by atoms with van der Waals surface area (Å²) in [5.74, 6) is -0.487. The first-order valence-corrected chi connectivity index (χ1v) is 6.20. The van der Waals surface area contributed by atoms with Gasteiger partial charge in [0.1, 0.15) is 11.9 Å². The van der Waals surface area contributed by atoms with Crippen molar-refractivity contribution < 1.29 is 19.4 Å². The number of nitrogens with one attached hydrogen (secondary N) is 1. The van der Waals surface area contributed by atoms with Crippen molar-refractivity contribution in [1.29, 1.82) is 0 Å². The molecule has 0 aliphatic heterocycles. The van der Waals surface area contributed by atoms with Crippen molar-refractivity contribution in [1.82, 2.24) is 5.32 Å². The average molecular weight is 269 g/mol. The van der Waals surface area contributed by atoms with Gasteiger partial charge in [-0.1, -0.05) is 12.1 Å². The first-order chi connectivity index (χ1) is 8.82. The molecule has 0 spiro atoms. The number of aryl methyl sites for hydroxylation is 2. The Morgan fingerprint density at radius 2 is 1.84 bits per heavy atom. The van der Waals surface area contributed by atoms with E-state index in [0.717, 1.165) is 0 Å². The predicted molar refractivity (Wildman–Crippen MR) is 70.1 cm³/mol. The molecule has 0 saturated heterocycles. The number of aliphatic hydroxyl groups excluding tert-OH is 2. The smallest absolute Gasteiger partial charge is 0.216 e. The highest BCUT2D eigenvalue weighted by molar-refractivity contribution is 5.72. The molecule has 4 nitrogen and oxygen atoms in total. The van der Waals surface area contributed by atoms with Crippen LogP contribution in [0.4, 0.5) is 4.39 Å². The summed E-state index contributed by atoms with van der Waals surface area (Å²) in [5, 5.41) is 22.4. The molecule has 0 aliphatic carbocycles. The van der Waals surface area contributed by atoms with Crippen LogP contribution in [0, 0.1) is 19.7 Å². The lowest BCUT2D eigenvalue weighted by Gasteiger charge is -2.19. The number of hydrogen-bond acceptors (Lipinski definition) is 3. The summed E-state index contributed by atoms with van der Waals surface area (Å²) in [7, 11) is 0. The number of hydrogen-bond donors (Lipinski definition) is 3. The molecule has 0 saturated carbocycles. The van der Waals surface area contributed by atoms with Crippen molar-refractivity contribution in [3.63, 3.8) is 0 Å². The molecule has 19 heavy (non-hydrogen) atoms. The first kappa shape index (κ1) is 15.6. The molecule has 1 aromatic carbocycles. The highest BCUT2D eigenvalue weighted by Gasteiger charge is 2.19. The fraction of sp³-hybridized carbons (Fsp3) is 0.500. The maximum atomic E-state index is 13.5. The maximum Gasteiger partial charge on any atom is 0.216 e. The van der Waals surface area contributed by atoms with Gasteiger partial charge in [0.05, 0.1) is 6.10 Å². The van der Waals surface area contributed by atoms with Crippen LogP contribution in [-0.2, 0) is 4.79 Å². The minimum Gasteiger partial charge on any atom is -0.390 e. The third-order valence-electron chi connectivity index (χ3n) is 2.98. The standard InChI is InChI=1S/C14H20FNO3/c1-8-6-11(7-9(2)13(8)15)14(19)12(18)4-5-16-10(3)17/h6-7,12,14,18-19H,4-5H2,1-3H3,(H,16,17). The van der Waals surface area contributed by atoms with E-state index < -0.39 is 12.2 Å². The van der Waals surface area contributed by atoms with Gasteiger partial charge in [-0.15, -0.1) is 0 Å². The van der Waals surface area contributed by atoms with Crippen molar-refractivity contribution in [2.75, 3.05) is 6.54 Å². The summed E-state index contributed by atoms with van der Waals surface area (Å²) in [4.78, 5) is 10.7. The van der Waals surface area contributed by atoms with E-state index in [2.05, 4.69) is 5.32 Å². The number of aliphatic hydroxyl groups is 2. The molecule has 1 aromatic rings. The van der Waals surface area contributed by atoms with E-state index in [1.807, 2.05) is 0 Å². The van der Waals surface area contributed by atoms with Gasteiger partial charge >= 0.3 is 0 Å². The van der Waals surface area contributed by atoms with Crippen molar-refractivity contribution in [3.05, 3.63) is 34.6 Å². The Bertz CT molecular complexity index is 439. The molecule has 3 N–H and O–H groups in total. The minimum atomic E-state index is -1.09. The molecule has 0 aromatic heterocycles. The molecule has 0 heterocycles. The lowest BCUT2D eigenvalue weighted by atomic mass is 9.98. The number of rotatable bonds is 5. The van der Waals surface area contributed by atoms with Gasteiger partial charge in [0.25, 0.3) is 0 Å².